The first-order valence-corrected chi connectivity index (χ1v) is 9.25. The number of amides is 2. The van der Waals surface area contributed by atoms with Gasteiger partial charge in [0.2, 0.25) is 11.8 Å². The number of carbonyl (C=O) groups excluding carboxylic acids is 2. The number of carbonyl (C=O) groups is 2. The third-order valence-electron chi connectivity index (χ3n) is 5.01. The van der Waals surface area contributed by atoms with Crippen LogP contribution in [0.3, 0.4) is 0 Å². The molecular formula is C15H26ClN3O2S. The highest BCUT2D eigenvalue weighted by molar-refractivity contribution is 7.99. The van der Waals surface area contributed by atoms with Crippen LogP contribution >= 0.6 is 24.2 Å². The van der Waals surface area contributed by atoms with Crippen molar-refractivity contribution < 1.29 is 9.59 Å². The zero-order chi connectivity index (χ0) is 14.8. The third kappa shape index (κ3) is 3.71. The molecule has 0 radical (unpaired) electrons. The molecule has 0 aromatic rings. The van der Waals surface area contributed by atoms with E-state index in [1.54, 1.807) is 11.8 Å². The highest BCUT2D eigenvalue weighted by atomic mass is 35.5. The summed E-state index contributed by atoms with van der Waals surface area (Å²) in [6, 6.07) is -0.0133. The normalized spacial score (nSPS) is 27.0. The smallest absolute Gasteiger partial charge is 0.246 e. The maximum absolute atomic E-state index is 12.7. The predicted molar refractivity (Wildman–Crippen MR) is 91.0 cm³/mol. The van der Waals surface area contributed by atoms with Crippen LogP contribution in [-0.4, -0.2) is 58.4 Å². The first-order chi connectivity index (χ1) is 10.2. The van der Waals surface area contributed by atoms with Crippen LogP contribution in [0.4, 0.5) is 0 Å². The van der Waals surface area contributed by atoms with Crippen molar-refractivity contribution in [3.8, 4) is 0 Å². The summed E-state index contributed by atoms with van der Waals surface area (Å²) in [7, 11) is 0. The number of piperidine rings is 1. The highest BCUT2D eigenvalue weighted by Gasteiger charge is 2.40. The van der Waals surface area contributed by atoms with Gasteiger partial charge in [-0.2, -0.15) is 0 Å². The molecule has 2 amide bonds. The summed E-state index contributed by atoms with van der Waals surface area (Å²) in [5.41, 5.74) is 5.90. The third-order valence-corrected chi connectivity index (χ3v) is 6.02. The number of hydrogen-bond donors (Lipinski definition) is 1. The molecule has 3 aliphatic rings. The Kier molecular flexibility index (Phi) is 6.41. The fourth-order valence-electron chi connectivity index (χ4n) is 3.60. The number of nitrogens with two attached hydrogens (primary N) is 1. The van der Waals surface area contributed by atoms with E-state index in [9.17, 15) is 9.59 Å². The van der Waals surface area contributed by atoms with Crippen molar-refractivity contribution in [3.05, 3.63) is 0 Å². The fourth-order valence-corrected chi connectivity index (χ4v) is 4.76. The average Bonchev–Trinajstić information content (AvgIpc) is 3.18. The number of rotatable bonds is 2. The second-order valence-corrected chi connectivity index (χ2v) is 7.47. The molecule has 2 N–H and O–H groups in total. The molecule has 1 saturated carbocycles. The molecule has 1 aliphatic carbocycles. The van der Waals surface area contributed by atoms with Gasteiger partial charge >= 0.3 is 0 Å². The van der Waals surface area contributed by atoms with E-state index < -0.39 is 0 Å². The topological polar surface area (TPSA) is 66.6 Å². The second kappa shape index (κ2) is 7.88. The summed E-state index contributed by atoms with van der Waals surface area (Å²) in [5, 5.41) is 0. The molecule has 22 heavy (non-hydrogen) atoms. The van der Waals surface area contributed by atoms with Crippen molar-refractivity contribution in [3.63, 3.8) is 0 Å². The Morgan fingerprint density at radius 2 is 1.64 bits per heavy atom. The SMILES string of the molecule is Cl.NC1CCN(C(=O)C2CSCN2C(=O)C2CCCC2)CC1. The van der Waals surface area contributed by atoms with Gasteiger partial charge in [-0.05, 0) is 25.7 Å². The minimum atomic E-state index is -0.238. The largest absolute Gasteiger partial charge is 0.341 e. The van der Waals surface area contributed by atoms with Crippen molar-refractivity contribution in [2.45, 2.75) is 50.6 Å². The quantitative estimate of drug-likeness (QED) is 0.821. The van der Waals surface area contributed by atoms with Gasteiger partial charge in [-0.15, -0.1) is 24.2 Å². The molecule has 0 aromatic heterocycles. The van der Waals surface area contributed by atoms with E-state index in [0.29, 0.717) is 5.88 Å². The van der Waals surface area contributed by atoms with E-state index in [0.717, 1.165) is 57.4 Å². The van der Waals surface area contributed by atoms with E-state index in [-0.39, 0.29) is 42.2 Å². The fraction of sp³-hybridized carbons (Fsp3) is 0.867. The van der Waals surface area contributed by atoms with Crippen LogP contribution in [0, 0.1) is 5.92 Å². The molecule has 7 heteroatoms. The minimum Gasteiger partial charge on any atom is -0.341 e. The first kappa shape index (κ1) is 17.9. The summed E-state index contributed by atoms with van der Waals surface area (Å²) >= 11 is 1.70. The molecular weight excluding hydrogens is 322 g/mol. The molecule has 1 unspecified atom stereocenters. The van der Waals surface area contributed by atoms with Gasteiger partial charge in [-0.25, -0.2) is 0 Å². The standard InChI is InChI=1S/C15H25N3O2S.ClH/c16-12-5-7-17(8-6-12)15(20)13-9-21-10-18(13)14(19)11-3-1-2-4-11;/h11-13H,1-10,16H2;1H. The molecule has 0 aromatic carbocycles. The van der Waals surface area contributed by atoms with Crippen LogP contribution in [0.2, 0.25) is 0 Å². The predicted octanol–water partition coefficient (Wildman–Crippen LogP) is 1.45. The van der Waals surface area contributed by atoms with E-state index in [4.69, 9.17) is 5.73 Å². The number of nitrogens with zero attached hydrogens (tertiary/aromatic N) is 2. The lowest BCUT2D eigenvalue weighted by Crippen LogP contribution is -2.53. The Labute approximate surface area is 142 Å². The molecule has 2 aliphatic heterocycles. The molecule has 5 nitrogen and oxygen atoms in total. The number of halogens is 1. The van der Waals surface area contributed by atoms with Crippen molar-refractivity contribution in [2.24, 2.45) is 11.7 Å². The molecule has 0 spiro atoms. The summed E-state index contributed by atoms with van der Waals surface area (Å²) in [4.78, 5) is 29.1. The zero-order valence-corrected chi connectivity index (χ0v) is 14.5. The van der Waals surface area contributed by atoms with E-state index in [1.165, 1.54) is 0 Å². The van der Waals surface area contributed by atoms with Crippen LogP contribution in [0.15, 0.2) is 0 Å². The summed E-state index contributed by atoms with van der Waals surface area (Å²) in [5.74, 6) is 1.94. The zero-order valence-electron chi connectivity index (χ0n) is 12.9. The van der Waals surface area contributed by atoms with Gasteiger partial charge in [-0.3, -0.25) is 9.59 Å². The molecule has 3 fully saturated rings. The van der Waals surface area contributed by atoms with Crippen LogP contribution in [-0.2, 0) is 9.59 Å². The molecule has 2 heterocycles. The number of hydrogen-bond acceptors (Lipinski definition) is 4. The van der Waals surface area contributed by atoms with E-state index in [2.05, 4.69) is 0 Å². The van der Waals surface area contributed by atoms with Crippen molar-refractivity contribution in [1.29, 1.82) is 0 Å². The minimum absolute atomic E-state index is 0. The monoisotopic (exact) mass is 347 g/mol. The van der Waals surface area contributed by atoms with Crippen LogP contribution in [0.5, 0.6) is 0 Å². The lowest BCUT2D eigenvalue weighted by Gasteiger charge is -2.34. The van der Waals surface area contributed by atoms with Crippen LogP contribution in [0.1, 0.15) is 38.5 Å². The Bertz CT molecular complexity index is 410. The van der Waals surface area contributed by atoms with Gasteiger partial charge in [0.05, 0.1) is 5.88 Å². The van der Waals surface area contributed by atoms with Crippen molar-refractivity contribution >= 4 is 36.0 Å². The summed E-state index contributed by atoms with van der Waals surface area (Å²) in [6.45, 7) is 1.49. The number of likely N-dealkylation sites (tertiary alicyclic amines) is 1. The number of thioether (sulfide) groups is 1. The van der Waals surface area contributed by atoms with Gasteiger partial charge in [0.15, 0.2) is 0 Å². The second-order valence-electron chi connectivity index (χ2n) is 6.47. The van der Waals surface area contributed by atoms with Gasteiger partial charge < -0.3 is 15.5 Å². The van der Waals surface area contributed by atoms with Crippen molar-refractivity contribution in [2.75, 3.05) is 24.7 Å². The first-order valence-electron chi connectivity index (χ1n) is 8.09. The molecule has 3 rings (SSSR count). The van der Waals surface area contributed by atoms with Gasteiger partial charge in [0.25, 0.3) is 0 Å². The molecule has 1 atom stereocenters. The molecule has 126 valence electrons. The van der Waals surface area contributed by atoms with Crippen molar-refractivity contribution in [1.82, 2.24) is 9.80 Å². The highest BCUT2D eigenvalue weighted by Crippen LogP contribution is 2.31. The lowest BCUT2D eigenvalue weighted by molar-refractivity contribution is -0.146. The summed E-state index contributed by atoms with van der Waals surface area (Å²) in [6.07, 6.45) is 6.06. The average molecular weight is 348 g/mol. The Balaban J connectivity index is 0.00000176. The van der Waals surface area contributed by atoms with Gasteiger partial charge in [0, 0.05) is 30.8 Å². The summed E-state index contributed by atoms with van der Waals surface area (Å²) < 4.78 is 0. The lowest BCUT2D eigenvalue weighted by atomic mass is 10.0. The van der Waals surface area contributed by atoms with Crippen LogP contribution in [0.25, 0.3) is 0 Å². The maximum atomic E-state index is 12.7. The Morgan fingerprint density at radius 3 is 2.27 bits per heavy atom. The van der Waals surface area contributed by atoms with E-state index >= 15 is 0 Å². The molecule has 2 saturated heterocycles. The van der Waals surface area contributed by atoms with Gasteiger partial charge in [-0.1, -0.05) is 12.8 Å². The Hall–Kier alpha value is -0.460. The van der Waals surface area contributed by atoms with Gasteiger partial charge in [0.1, 0.15) is 6.04 Å². The molecule has 0 bridgehead atoms. The van der Waals surface area contributed by atoms with E-state index in [1.807, 2.05) is 9.80 Å². The maximum Gasteiger partial charge on any atom is 0.246 e. The Morgan fingerprint density at radius 1 is 1.00 bits per heavy atom. The van der Waals surface area contributed by atoms with Crippen LogP contribution < -0.4 is 5.73 Å².